The zero-order valence-corrected chi connectivity index (χ0v) is 16.3. The second-order valence-electron chi connectivity index (χ2n) is 7.03. The third-order valence-electron chi connectivity index (χ3n) is 4.80. The van der Waals surface area contributed by atoms with Gasteiger partial charge in [-0.15, -0.1) is 0 Å². The number of carbonyl (C=O) groups is 1. The average molecular weight is 380 g/mol. The maximum atomic E-state index is 13.6. The van der Waals surface area contributed by atoms with Crippen LogP contribution in [0.25, 0.3) is 16.6 Å². The van der Waals surface area contributed by atoms with Crippen molar-refractivity contribution in [1.29, 1.82) is 0 Å². The molecule has 0 unspecified atom stereocenters. The second-order valence-corrected chi connectivity index (χ2v) is 7.03. The molecule has 0 amide bonds. The topological polar surface area (TPSA) is 66.0 Å². The zero-order chi connectivity index (χ0) is 20.1. The lowest BCUT2D eigenvalue weighted by Crippen LogP contribution is -1.98. The largest absolute Gasteiger partial charge is 0.481 e. The molecule has 0 aliphatic heterocycles. The third-order valence-corrected chi connectivity index (χ3v) is 4.80. The molecule has 4 nitrogen and oxygen atoms in total. The van der Waals surface area contributed by atoms with E-state index in [9.17, 15) is 9.18 Å². The van der Waals surface area contributed by atoms with Gasteiger partial charge in [0.05, 0.1) is 17.5 Å². The maximum Gasteiger partial charge on any atom is 0.303 e. The van der Waals surface area contributed by atoms with Crippen LogP contribution in [0.2, 0.25) is 0 Å². The lowest BCUT2D eigenvalue weighted by atomic mass is 9.93. The standard InChI is InChI=1S/C23H25FN2O2/c1-3-4-5-6-19(18-9-8-17(24)13-15(18)2)16-7-10-20-21(14-16)26-22(25-20)11-12-23(27)28/h6-10,13-14H,3-5,11-12H2,1-2H3,(H,25,26)(H,27,28). The molecule has 3 rings (SSSR count). The van der Waals surface area contributed by atoms with Gasteiger partial charge in [0.2, 0.25) is 0 Å². The molecule has 1 heterocycles. The summed E-state index contributed by atoms with van der Waals surface area (Å²) in [4.78, 5) is 18.5. The molecular formula is C23H25FN2O2. The van der Waals surface area contributed by atoms with Crippen molar-refractivity contribution in [1.82, 2.24) is 9.97 Å². The van der Waals surface area contributed by atoms with E-state index in [0.29, 0.717) is 12.2 Å². The van der Waals surface area contributed by atoms with E-state index in [2.05, 4.69) is 23.0 Å². The van der Waals surface area contributed by atoms with Crippen molar-refractivity contribution >= 4 is 22.6 Å². The lowest BCUT2D eigenvalue weighted by Gasteiger charge is -2.12. The first-order valence-corrected chi connectivity index (χ1v) is 9.65. The number of unbranched alkanes of at least 4 members (excludes halogenated alkanes) is 2. The van der Waals surface area contributed by atoms with Crippen LogP contribution in [-0.4, -0.2) is 21.0 Å². The molecule has 0 aliphatic carbocycles. The summed E-state index contributed by atoms with van der Waals surface area (Å²) in [6.07, 6.45) is 5.79. The summed E-state index contributed by atoms with van der Waals surface area (Å²) in [6.45, 7) is 4.08. The summed E-state index contributed by atoms with van der Waals surface area (Å²) >= 11 is 0. The first-order chi connectivity index (χ1) is 13.5. The molecule has 0 saturated heterocycles. The van der Waals surface area contributed by atoms with Crippen LogP contribution in [0, 0.1) is 12.7 Å². The SMILES string of the molecule is CCCCC=C(c1ccc2nc(CCC(=O)O)[nH]c2c1)c1ccc(F)cc1C. The monoisotopic (exact) mass is 380 g/mol. The fourth-order valence-electron chi connectivity index (χ4n) is 3.34. The van der Waals surface area contributed by atoms with Crippen molar-refractivity contribution in [2.24, 2.45) is 0 Å². The molecule has 146 valence electrons. The molecule has 0 aliphatic rings. The Hall–Kier alpha value is -2.95. The van der Waals surface area contributed by atoms with E-state index >= 15 is 0 Å². The summed E-state index contributed by atoms with van der Waals surface area (Å²) in [5.41, 5.74) is 5.71. The first-order valence-electron chi connectivity index (χ1n) is 9.65. The molecule has 0 spiro atoms. The number of halogens is 1. The Morgan fingerprint density at radius 3 is 2.79 bits per heavy atom. The van der Waals surface area contributed by atoms with Gasteiger partial charge >= 0.3 is 5.97 Å². The van der Waals surface area contributed by atoms with Crippen LogP contribution < -0.4 is 0 Å². The van der Waals surface area contributed by atoms with Crippen LogP contribution in [0.15, 0.2) is 42.5 Å². The van der Waals surface area contributed by atoms with E-state index in [-0.39, 0.29) is 12.2 Å². The number of hydrogen-bond donors (Lipinski definition) is 2. The molecule has 0 bridgehead atoms. The molecule has 0 fully saturated rings. The van der Waals surface area contributed by atoms with E-state index in [1.165, 1.54) is 6.07 Å². The summed E-state index contributed by atoms with van der Waals surface area (Å²) in [7, 11) is 0. The first kappa shape index (κ1) is 19.8. The minimum atomic E-state index is -0.839. The van der Waals surface area contributed by atoms with Crippen molar-refractivity contribution in [3.05, 3.63) is 70.8 Å². The number of carboxylic acid groups (broad SMARTS) is 1. The number of allylic oxidation sites excluding steroid dienone is 1. The Kier molecular flexibility index (Phi) is 6.24. The molecule has 3 aromatic rings. The number of aromatic nitrogens is 2. The van der Waals surface area contributed by atoms with Crippen LogP contribution in [0.1, 0.15) is 55.1 Å². The number of aliphatic carboxylic acids is 1. The van der Waals surface area contributed by atoms with Gasteiger partial charge in [-0.05, 0) is 59.9 Å². The van der Waals surface area contributed by atoms with Gasteiger partial charge in [-0.1, -0.05) is 38.0 Å². The van der Waals surface area contributed by atoms with Gasteiger partial charge in [-0.3, -0.25) is 4.79 Å². The van der Waals surface area contributed by atoms with Gasteiger partial charge in [0, 0.05) is 6.42 Å². The van der Waals surface area contributed by atoms with E-state index in [4.69, 9.17) is 5.11 Å². The van der Waals surface area contributed by atoms with Gasteiger partial charge in [0.15, 0.2) is 0 Å². The van der Waals surface area contributed by atoms with E-state index in [1.807, 2.05) is 31.2 Å². The van der Waals surface area contributed by atoms with E-state index in [0.717, 1.165) is 52.6 Å². The fraction of sp³-hybridized carbons (Fsp3) is 0.304. The fourth-order valence-corrected chi connectivity index (χ4v) is 3.34. The molecule has 0 saturated carbocycles. The summed E-state index contributed by atoms with van der Waals surface area (Å²) in [5, 5.41) is 8.87. The number of hydrogen-bond acceptors (Lipinski definition) is 2. The predicted octanol–water partition coefficient (Wildman–Crippen LogP) is 5.65. The van der Waals surface area contributed by atoms with Crippen molar-refractivity contribution in [2.45, 2.75) is 46.0 Å². The molecule has 2 aromatic carbocycles. The minimum Gasteiger partial charge on any atom is -0.481 e. The van der Waals surface area contributed by atoms with Gasteiger partial charge in [0.1, 0.15) is 11.6 Å². The Morgan fingerprint density at radius 1 is 1.25 bits per heavy atom. The summed E-state index contributed by atoms with van der Waals surface area (Å²) in [5.74, 6) is -0.403. The maximum absolute atomic E-state index is 13.6. The number of carboxylic acids is 1. The van der Waals surface area contributed by atoms with Gasteiger partial charge < -0.3 is 10.1 Å². The molecule has 2 N–H and O–H groups in total. The summed E-state index contributed by atoms with van der Waals surface area (Å²) in [6, 6.07) is 10.9. The quantitative estimate of drug-likeness (QED) is 0.496. The second kappa shape index (κ2) is 8.83. The van der Waals surface area contributed by atoms with Gasteiger partial charge in [-0.25, -0.2) is 9.37 Å². The number of aryl methyl sites for hydroxylation is 2. The molecule has 0 atom stereocenters. The van der Waals surface area contributed by atoms with Crippen LogP contribution in [0.4, 0.5) is 4.39 Å². The number of H-pyrrole nitrogens is 1. The molecule has 1 aromatic heterocycles. The number of fused-ring (bicyclic) bond motifs is 1. The minimum absolute atomic E-state index is 0.0453. The van der Waals surface area contributed by atoms with Crippen LogP contribution in [0.3, 0.4) is 0 Å². The number of aromatic amines is 1. The van der Waals surface area contributed by atoms with E-state index in [1.54, 1.807) is 6.07 Å². The van der Waals surface area contributed by atoms with Crippen LogP contribution in [0.5, 0.6) is 0 Å². The Morgan fingerprint density at radius 2 is 2.07 bits per heavy atom. The van der Waals surface area contributed by atoms with Crippen molar-refractivity contribution in [2.75, 3.05) is 0 Å². The molecule has 5 heteroatoms. The molecule has 28 heavy (non-hydrogen) atoms. The normalized spacial score (nSPS) is 11.9. The molecule has 0 radical (unpaired) electrons. The Bertz CT molecular complexity index is 1020. The zero-order valence-electron chi connectivity index (χ0n) is 16.3. The van der Waals surface area contributed by atoms with E-state index < -0.39 is 5.97 Å². The highest BCUT2D eigenvalue weighted by Crippen LogP contribution is 2.29. The van der Waals surface area contributed by atoms with Crippen LogP contribution >= 0.6 is 0 Å². The number of imidazole rings is 1. The van der Waals surface area contributed by atoms with Crippen molar-refractivity contribution in [3.63, 3.8) is 0 Å². The number of nitrogens with zero attached hydrogens (tertiary/aromatic N) is 1. The third kappa shape index (κ3) is 4.66. The lowest BCUT2D eigenvalue weighted by molar-refractivity contribution is -0.137. The summed E-state index contributed by atoms with van der Waals surface area (Å²) < 4.78 is 13.6. The number of nitrogens with one attached hydrogen (secondary N) is 1. The van der Waals surface area contributed by atoms with Crippen molar-refractivity contribution < 1.29 is 14.3 Å². The highest BCUT2D eigenvalue weighted by Gasteiger charge is 2.12. The van der Waals surface area contributed by atoms with Crippen LogP contribution in [-0.2, 0) is 11.2 Å². The highest BCUT2D eigenvalue weighted by atomic mass is 19.1. The van der Waals surface area contributed by atoms with Gasteiger partial charge in [0.25, 0.3) is 0 Å². The predicted molar refractivity (Wildman–Crippen MR) is 110 cm³/mol. The highest BCUT2D eigenvalue weighted by molar-refractivity contribution is 5.87. The van der Waals surface area contributed by atoms with Gasteiger partial charge in [-0.2, -0.15) is 0 Å². The Labute approximate surface area is 164 Å². The smallest absolute Gasteiger partial charge is 0.303 e. The Balaban J connectivity index is 2.00. The van der Waals surface area contributed by atoms with Crippen molar-refractivity contribution in [3.8, 4) is 0 Å². The number of rotatable bonds is 8. The number of benzene rings is 2. The molecular weight excluding hydrogens is 355 g/mol. The average Bonchev–Trinajstić information content (AvgIpc) is 3.06.